The fraction of sp³-hybridized carbons (Fsp3) is 0.222. The van der Waals surface area contributed by atoms with E-state index in [2.05, 4.69) is 10.5 Å². The summed E-state index contributed by atoms with van der Waals surface area (Å²) < 4.78 is 16.2. The van der Waals surface area contributed by atoms with Gasteiger partial charge in [-0.25, -0.2) is 5.43 Å². The molecule has 1 N–H and O–H groups in total. The number of methoxy groups -OCH3 is 1. The molecule has 0 saturated heterocycles. The largest absolute Gasteiger partial charge is 0.497 e. The van der Waals surface area contributed by atoms with Crippen molar-refractivity contribution < 1.29 is 19.0 Å². The predicted octanol–water partition coefficient (Wildman–Crippen LogP) is 2.62. The fourth-order valence-electron chi connectivity index (χ4n) is 2.30. The minimum Gasteiger partial charge on any atom is -0.497 e. The number of hydrazone groups is 1. The maximum atomic E-state index is 12.2. The van der Waals surface area contributed by atoms with Crippen molar-refractivity contribution in [2.75, 3.05) is 20.3 Å². The molecule has 124 valence electrons. The van der Waals surface area contributed by atoms with Crippen LogP contribution in [0.4, 0.5) is 0 Å². The zero-order chi connectivity index (χ0) is 16.9. The molecule has 0 bridgehead atoms. The van der Waals surface area contributed by atoms with Crippen molar-refractivity contribution in [3.63, 3.8) is 0 Å². The molecule has 0 radical (unpaired) electrons. The molecule has 0 atom stereocenters. The van der Waals surface area contributed by atoms with E-state index in [0.29, 0.717) is 36.0 Å². The van der Waals surface area contributed by atoms with E-state index in [9.17, 15) is 4.79 Å². The van der Waals surface area contributed by atoms with E-state index < -0.39 is 0 Å². The summed E-state index contributed by atoms with van der Waals surface area (Å²) in [4.78, 5) is 12.2. The molecule has 3 rings (SSSR count). The van der Waals surface area contributed by atoms with Crippen LogP contribution in [0.25, 0.3) is 0 Å². The molecule has 0 spiro atoms. The summed E-state index contributed by atoms with van der Waals surface area (Å²) in [5.74, 6) is 1.73. The van der Waals surface area contributed by atoms with Crippen molar-refractivity contribution in [3.05, 3.63) is 53.6 Å². The molecule has 0 unspecified atom stereocenters. The van der Waals surface area contributed by atoms with E-state index in [1.165, 1.54) is 0 Å². The summed E-state index contributed by atoms with van der Waals surface area (Å²) in [6.07, 6.45) is 0. The third kappa shape index (κ3) is 3.48. The number of rotatable bonds is 4. The van der Waals surface area contributed by atoms with Crippen molar-refractivity contribution in [1.82, 2.24) is 5.43 Å². The maximum absolute atomic E-state index is 12.2. The van der Waals surface area contributed by atoms with Gasteiger partial charge in [0.1, 0.15) is 19.0 Å². The SMILES string of the molecule is COc1cccc(C(=O)N/N=C(/C)c2ccc3c(c2)OCCO3)c1. The van der Waals surface area contributed by atoms with Crippen LogP contribution in [-0.4, -0.2) is 31.9 Å². The Morgan fingerprint density at radius 2 is 1.88 bits per heavy atom. The zero-order valence-electron chi connectivity index (χ0n) is 13.5. The average Bonchev–Trinajstić information content (AvgIpc) is 2.65. The molecule has 24 heavy (non-hydrogen) atoms. The quantitative estimate of drug-likeness (QED) is 0.693. The Morgan fingerprint density at radius 1 is 1.08 bits per heavy atom. The first-order chi connectivity index (χ1) is 11.7. The van der Waals surface area contributed by atoms with Gasteiger partial charge in [-0.3, -0.25) is 4.79 Å². The third-order valence-electron chi connectivity index (χ3n) is 3.62. The normalized spacial score (nSPS) is 13.3. The number of ether oxygens (including phenoxy) is 3. The highest BCUT2D eigenvalue weighted by molar-refractivity contribution is 6.01. The second-order valence-corrected chi connectivity index (χ2v) is 5.23. The van der Waals surface area contributed by atoms with Crippen molar-refractivity contribution in [1.29, 1.82) is 0 Å². The van der Waals surface area contributed by atoms with Gasteiger partial charge >= 0.3 is 0 Å². The molecule has 2 aromatic carbocycles. The molecule has 0 fully saturated rings. The summed E-state index contributed by atoms with van der Waals surface area (Å²) >= 11 is 0. The Morgan fingerprint density at radius 3 is 2.67 bits per heavy atom. The van der Waals surface area contributed by atoms with Gasteiger partial charge in [-0.05, 0) is 43.3 Å². The number of fused-ring (bicyclic) bond motifs is 1. The van der Waals surface area contributed by atoms with Gasteiger partial charge in [0.15, 0.2) is 11.5 Å². The number of carbonyl (C=O) groups excluding carboxylic acids is 1. The van der Waals surface area contributed by atoms with E-state index in [4.69, 9.17) is 14.2 Å². The summed E-state index contributed by atoms with van der Waals surface area (Å²) in [5, 5.41) is 4.16. The van der Waals surface area contributed by atoms with E-state index in [1.807, 2.05) is 25.1 Å². The Labute approximate surface area is 140 Å². The lowest BCUT2D eigenvalue weighted by Crippen LogP contribution is -2.19. The minimum absolute atomic E-state index is 0.300. The number of hydrogen-bond acceptors (Lipinski definition) is 5. The van der Waals surface area contributed by atoms with Crippen LogP contribution in [0, 0.1) is 0 Å². The van der Waals surface area contributed by atoms with Gasteiger partial charge in [-0.2, -0.15) is 5.10 Å². The highest BCUT2D eigenvalue weighted by Gasteiger charge is 2.13. The molecular weight excluding hydrogens is 308 g/mol. The van der Waals surface area contributed by atoms with Crippen LogP contribution >= 0.6 is 0 Å². The lowest BCUT2D eigenvalue weighted by atomic mass is 10.1. The second-order valence-electron chi connectivity index (χ2n) is 5.23. The number of nitrogens with one attached hydrogen (secondary N) is 1. The Balaban J connectivity index is 1.72. The lowest BCUT2D eigenvalue weighted by molar-refractivity contribution is 0.0954. The van der Waals surface area contributed by atoms with E-state index in [0.717, 1.165) is 11.3 Å². The lowest BCUT2D eigenvalue weighted by Gasteiger charge is -2.18. The minimum atomic E-state index is -0.300. The first-order valence-corrected chi connectivity index (χ1v) is 7.56. The van der Waals surface area contributed by atoms with Crippen LogP contribution in [0.2, 0.25) is 0 Å². The number of amides is 1. The molecule has 0 saturated carbocycles. The Kier molecular flexibility index (Phi) is 4.65. The van der Waals surface area contributed by atoms with Crippen LogP contribution in [0.5, 0.6) is 17.2 Å². The van der Waals surface area contributed by atoms with Gasteiger partial charge < -0.3 is 14.2 Å². The zero-order valence-corrected chi connectivity index (χ0v) is 13.5. The number of benzene rings is 2. The highest BCUT2D eigenvalue weighted by atomic mass is 16.6. The molecule has 1 amide bonds. The van der Waals surface area contributed by atoms with Crippen LogP contribution in [0.1, 0.15) is 22.8 Å². The number of hydrogen-bond donors (Lipinski definition) is 1. The molecule has 1 aliphatic rings. The molecule has 6 nitrogen and oxygen atoms in total. The van der Waals surface area contributed by atoms with Crippen LogP contribution in [-0.2, 0) is 0 Å². The summed E-state index contributed by atoms with van der Waals surface area (Å²) in [6, 6.07) is 12.5. The van der Waals surface area contributed by atoms with Gasteiger partial charge in [0.25, 0.3) is 5.91 Å². The maximum Gasteiger partial charge on any atom is 0.271 e. The highest BCUT2D eigenvalue weighted by Crippen LogP contribution is 2.30. The van der Waals surface area contributed by atoms with Gasteiger partial charge in [0, 0.05) is 11.1 Å². The molecule has 0 aromatic heterocycles. The molecule has 6 heteroatoms. The van der Waals surface area contributed by atoms with Crippen LogP contribution in [0.15, 0.2) is 47.6 Å². The molecular formula is C18H18N2O4. The average molecular weight is 326 g/mol. The molecule has 1 heterocycles. The van der Waals surface area contributed by atoms with Crippen molar-refractivity contribution in [2.45, 2.75) is 6.92 Å². The van der Waals surface area contributed by atoms with E-state index in [-0.39, 0.29) is 5.91 Å². The fourth-order valence-corrected chi connectivity index (χ4v) is 2.30. The van der Waals surface area contributed by atoms with Gasteiger partial charge in [0.2, 0.25) is 0 Å². The smallest absolute Gasteiger partial charge is 0.271 e. The van der Waals surface area contributed by atoms with Crippen molar-refractivity contribution >= 4 is 11.6 Å². The standard InChI is InChI=1S/C18H18N2O4/c1-12(13-6-7-16-17(11-13)24-9-8-23-16)19-20-18(21)14-4-3-5-15(10-14)22-2/h3-7,10-11H,8-9H2,1-2H3,(H,20,21)/b19-12-. The third-order valence-corrected chi connectivity index (χ3v) is 3.62. The summed E-state index contributed by atoms with van der Waals surface area (Å²) in [6.45, 7) is 2.90. The molecule has 0 aliphatic carbocycles. The first-order valence-electron chi connectivity index (χ1n) is 7.56. The first kappa shape index (κ1) is 15.9. The van der Waals surface area contributed by atoms with E-state index in [1.54, 1.807) is 31.4 Å². The van der Waals surface area contributed by atoms with Gasteiger partial charge in [-0.1, -0.05) is 6.07 Å². The monoisotopic (exact) mass is 326 g/mol. The van der Waals surface area contributed by atoms with Crippen LogP contribution in [0.3, 0.4) is 0 Å². The molecule has 2 aromatic rings. The topological polar surface area (TPSA) is 69.2 Å². The second kappa shape index (κ2) is 7.04. The predicted molar refractivity (Wildman–Crippen MR) is 90.1 cm³/mol. The van der Waals surface area contributed by atoms with Crippen LogP contribution < -0.4 is 19.6 Å². The number of carbonyl (C=O) groups is 1. The summed E-state index contributed by atoms with van der Waals surface area (Å²) in [7, 11) is 1.56. The van der Waals surface area contributed by atoms with Crippen molar-refractivity contribution in [2.24, 2.45) is 5.10 Å². The van der Waals surface area contributed by atoms with Gasteiger partial charge in [-0.15, -0.1) is 0 Å². The summed E-state index contributed by atoms with van der Waals surface area (Å²) in [5.41, 5.74) is 4.55. The van der Waals surface area contributed by atoms with Gasteiger partial charge in [0.05, 0.1) is 12.8 Å². The van der Waals surface area contributed by atoms with Crippen molar-refractivity contribution in [3.8, 4) is 17.2 Å². The Hall–Kier alpha value is -3.02. The van der Waals surface area contributed by atoms with E-state index >= 15 is 0 Å². The number of nitrogens with zero attached hydrogens (tertiary/aromatic N) is 1. The molecule has 1 aliphatic heterocycles. The Bertz CT molecular complexity index is 786.